The number of hydrogen-bond donors (Lipinski definition) is 2. The van der Waals surface area contributed by atoms with E-state index in [1.807, 2.05) is 0 Å². The van der Waals surface area contributed by atoms with Crippen LogP contribution in [0.3, 0.4) is 0 Å². The van der Waals surface area contributed by atoms with Gasteiger partial charge >= 0.3 is 0 Å². The van der Waals surface area contributed by atoms with Gasteiger partial charge in [0.05, 0.1) is 0 Å². The van der Waals surface area contributed by atoms with Gasteiger partial charge in [-0.05, 0) is 24.6 Å². The molecule has 0 aliphatic rings. The number of halogens is 4. The molecule has 1 aromatic carbocycles. The summed E-state index contributed by atoms with van der Waals surface area (Å²) in [6.07, 6.45) is 0. The highest BCUT2D eigenvalue weighted by molar-refractivity contribution is 5.47. The molecule has 0 unspecified atom stereocenters. The van der Waals surface area contributed by atoms with Crippen LogP contribution in [-0.2, 0) is 6.54 Å². The fourth-order valence-electron chi connectivity index (χ4n) is 1.72. The van der Waals surface area contributed by atoms with Gasteiger partial charge in [-0.25, -0.2) is 22.5 Å². The minimum absolute atomic E-state index is 0.0261. The highest BCUT2D eigenvalue weighted by atomic mass is 19.2. The maximum atomic E-state index is 13.6. The minimum Gasteiger partial charge on any atom is -0.368 e. The lowest BCUT2D eigenvalue weighted by molar-refractivity contribution is 0.507. The molecule has 1 aromatic heterocycles. The number of nitrogens with one attached hydrogen (secondary N) is 2. The Morgan fingerprint density at radius 3 is 2.14 bits per heavy atom. The van der Waals surface area contributed by atoms with Crippen LogP contribution in [0.25, 0.3) is 0 Å². The summed E-state index contributed by atoms with van der Waals surface area (Å²) in [6.45, 7) is 2.20. The van der Waals surface area contributed by atoms with Gasteiger partial charge in [-0.15, -0.1) is 0 Å². The Labute approximate surface area is 119 Å². The van der Waals surface area contributed by atoms with Crippen LogP contribution in [0.2, 0.25) is 0 Å². The lowest BCUT2D eigenvalue weighted by Crippen LogP contribution is -2.09. The largest absolute Gasteiger partial charge is 0.368 e. The number of anilines is 2. The van der Waals surface area contributed by atoms with Crippen LogP contribution in [0, 0.1) is 23.3 Å². The quantitative estimate of drug-likeness (QED) is 0.827. The molecule has 0 amide bonds. The molecule has 2 aromatic rings. The van der Waals surface area contributed by atoms with Crippen molar-refractivity contribution in [1.82, 2.24) is 4.98 Å². The van der Waals surface area contributed by atoms with E-state index >= 15 is 0 Å². The predicted molar refractivity (Wildman–Crippen MR) is 72.0 cm³/mol. The third kappa shape index (κ3) is 3.62. The van der Waals surface area contributed by atoms with E-state index in [0.717, 1.165) is 12.1 Å². The summed E-state index contributed by atoms with van der Waals surface area (Å²) >= 11 is 0. The van der Waals surface area contributed by atoms with Crippen LogP contribution in [0.1, 0.15) is 12.5 Å². The summed E-state index contributed by atoms with van der Waals surface area (Å²) in [4.78, 5) is 3.78. The van der Waals surface area contributed by atoms with Gasteiger partial charge in [-0.1, -0.05) is 6.07 Å². The van der Waals surface area contributed by atoms with Crippen LogP contribution < -0.4 is 10.6 Å². The number of hydrogen-bond acceptors (Lipinski definition) is 3. The molecule has 0 saturated heterocycles. The molecule has 3 nitrogen and oxygen atoms in total. The number of pyridine rings is 1. The van der Waals surface area contributed by atoms with Gasteiger partial charge in [0.15, 0.2) is 34.9 Å². The van der Waals surface area contributed by atoms with Crippen molar-refractivity contribution in [1.29, 1.82) is 0 Å². The molecule has 0 aliphatic carbocycles. The zero-order valence-electron chi connectivity index (χ0n) is 11.2. The molecule has 21 heavy (non-hydrogen) atoms. The highest BCUT2D eigenvalue weighted by Gasteiger charge is 2.11. The van der Waals surface area contributed by atoms with Gasteiger partial charge in [0.25, 0.3) is 0 Å². The Bertz CT molecular complexity index is 646. The molecule has 112 valence electrons. The average molecular weight is 299 g/mol. The van der Waals surface area contributed by atoms with Gasteiger partial charge in [0, 0.05) is 19.2 Å². The van der Waals surface area contributed by atoms with Crippen molar-refractivity contribution in [3.05, 3.63) is 53.1 Å². The van der Waals surface area contributed by atoms with Gasteiger partial charge in [-0.2, -0.15) is 0 Å². The fourth-order valence-corrected chi connectivity index (χ4v) is 1.72. The third-order valence-electron chi connectivity index (χ3n) is 2.72. The Morgan fingerprint density at radius 1 is 0.857 bits per heavy atom. The number of aromatic nitrogens is 1. The first-order valence-electron chi connectivity index (χ1n) is 6.29. The van der Waals surface area contributed by atoms with Crippen LogP contribution in [0.4, 0.5) is 29.2 Å². The van der Waals surface area contributed by atoms with Crippen LogP contribution in [-0.4, -0.2) is 11.5 Å². The number of rotatable bonds is 5. The predicted octanol–water partition coefficient (Wildman–Crippen LogP) is 3.68. The molecule has 0 atom stereocenters. The van der Waals surface area contributed by atoms with E-state index in [2.05, 4.69) is 15.6 Å². The summed E-state index contributed by atoms with van der Waals surface area (Å²) in [5.41, 5.74) is 0.407. The van der Waals surface area contributed by atoms with E-state index in [1.54, 1.807) is 6.92 Å². The number of benzene rings is 1. The zero-order valence-corrected chi connectivity index (χ0v) is 11.2. The normalized spacial score (nSPS) is 10.5. The first kappa shape index (κ1) is 15.1. The second-order valence-corrected chi connectivity index (χ2v) is 4.28. The van der Waals surface area contributed by atoms with E-state index < -0.39 is 23.3 Å². The number of nitrogens with zero attached hydrogens (tertiary/aromatic N) is 1. The van der Waals surface area contributed by atoms with Gasteiger partial charge in [0.1, 0.15) is 0 Å². The average Bonchev–Trinajstić information content (AvgIpc) is 2.44. The second-order valence-electron chi connectivity index (χ2n) is 4.28. The van der Waals surface area contributed by atoms with E-state index in [4.69, 9.17) is 0 Å². The molecule has 2 N–H and O–H groups in total. The summed E-state index contributed by atoms with van der Waals surface area (Å²) in [7, 11) is 0. The third-order valence-corrected chi connectivity index (χ3v) is 2.72. The van der Waals surface area contributed by atoms with Crippen molar-refractivity contribution in [3.63, 3.8) is 0 Å². The summed E-state index contributed by atoms with van der Waals surface area (Å²) in [6, 6.07) is 4.04. The van der Waals surface area contributed by atoms with Crippen molar-refractivity contribution in [2.24, 2.45) is 0 Å². The molecule has 1 heterocycles. The van der Waals surface area contributed by atoms with Gasteiger partial charge in [-0.3, -0.25) is 0 Å². The van der Waals surface area contributed by atoms with E-state index in [1.165, 1.54) is 6.07 Å². The Balaban J connectivity index is 2.15. The molecule has 0 spiro atoms. The Kier molecular flexibility index (Phi) is 4.62. The molecule has 0 radical (unpaired) electrons. The Morgan fingerprint density at radius 2 is 1.52 bits per heavy atom. The van der Waals surface area contributed by atoms with Crippen LogP contribution in [0.15, 0.2) is 24.3 Å². The molecule has 0 fully saturated rings. The van der Waals surface area contributed by atoms with Crippen LogP contribution in [0.5, 0.6) is 0 Å². The van der Waals surface area contributed by atoms with E-state index in [-0.39, 0.29) is 18.2 Å². The molecular formula is C14H13F4N3. The Hall–Kier alpha value is -2.31. The molecular weight excluding hydrogens is 286 g/mol. The zero-order chi connectivity index (χ0) is 15.4. The van der Waals surface area contributed by atoms with Gasteiger partial charge < -0.3 is 10.6 Å². The van der Waals surface area contributed by atoms with Crippen LogP contribution >= 0.6 is 0 Å². The van der Waals surface area contributed by atoms with Crippen molar-refractivity contribution >= 4 is 11.6 Å². The molecule has 0 bridgehead atoms. The molecule has 0 aliphatic heterocycles. The molecule has 2 rings (SSSR count). The minimum atomic E-state index is -0.991. The highest BCUT2D eigenvalue weighted by Crippen LogP contribution is 2.19. The lowest BCUT2D eigenvalue weighted by Gasteiger charge is -2.10. The first-order valence-corrected chi connectivity index (χ1v) is 6.29. The topological polar surface area (TPSA) is 37.0 Å². The molecule has 7 heteroatoms. The second kappa shape index (κ2) is 6.43. The SMILES string of the molecule is CCNc1nc(NCc2ccc(F)c(F)c2)c(F)cc1F. The smallest absolute Gasteiger partial charge is 0.168 e. The standard InChI is InChI=1S/C14H13F4N3/c1-2-19-13-11(17)6-12(18)14(21-13)20-7-8-3-4-9(15)10(16)5-8/h3-6H,2,7H2,1H3,(H2,19,20,21). The van der Waals surface area contributed by atoms with Gasteiger partial charge in [0.2, 0.25) is 0 Å². The summed E-state index contributed by atoms with van der Waals surface area (Å²) in [5, 5.41) is 5.28. The van der Waals surface area contributed by atoms with Crippen molar-refractivity contribution in [2.45, 2.75) is 13.5 Å². The lowest BCUT2D eigenvalue weighted by atomic mass is 10.2. The maximum absolute atomic E-state index is 13.6. The first-order chi connectivity index (χ1) is 10.0. The van der Waals surface area contributed by atoms with Crippen molar-refractivity contribution in [2.75, 3.05) is 17.2 Å². The van der Waals surface area contributed by atoms with Crippen molar-refractivity contribution < 1.29 is 17.6 Å². The molecule has 0 saturated carbocycles. The fraction of sp³-hybridized carbons (Fsp3) is 0.214. The maximum Gasteiger partial charge on any atom is 0.168 e. The monoisotopic (exact) mass is 299 g/mol. The summed E-state index contributed by atoms with van der Waals surface area (Å²) in [5.74, 6) is -3.86. The van der Waals surface area contributed by atoms with E-state index in [0.29, 0.717) is 18.2 Å². The van der Waals surface area contributed by atoms with E-state index in [9.17, 15) is 17.6 Å². The summed E-state index contributed by atoms with van der Waals surface area (Å²) < 4.78 is 52.8. The van der Waals surface area contributed by atoms with Crippen molar-refractivity contribution in [3.8, 4) is 0 Å².